The maximum atomic E-state index is 3.77. The van der Waals surface area contributed by atoms with E-state index in [9.17, 15) is 0 Å². The van der Waals surface area contributed by atoms with E-state index in [-0.39, 0.29) is 0 Å². The summed E-state index contributed by atoms with van der Waals surface area (Å²) in [4.78, 5) is 2.47. The van der Waals surface area contributed by atoms with E-state index < -0.39 is 0 Å². The monoisotopic (exact) mass is 354 g/mol. The molecule has 0 bridgehead atoms. The van der Waals surface area contributed by atoms with Crippen molar-refractivity contribution in [3.63, 3.8) is 0 Å². The second-order valence-corrected chi connectivity index (χ2v) is 7.38. The molecule has 1 aromatic rings. The lowest BCUT2D eigenvalue weighted by atomic mass is 10.1. The third-order valence-electron chi connectivity index (χ3n) is 3.67. The molecule has 1 aromatic carbocycles. The SMILES string of the molecule is CCCNC(C)c1ccc(N(CC(C)C)C(C)C)c(Br)c1. The van der Waals surface area contributed by atoms with Crippen LogP contribution in [-0.2, 0) is 0 Å². The predicted molar refractivity (Wildman–Crippen MR) is 98.2 cm³/mol. The van der Waals surface area contributed by atoms with Crippen molar-refractivity contribution >= 4 is 21.6 Å². The van der Waals surface area contributed by atoms with E-state index in [0.29, 0.717) is 18.0 Å². The first kappa shape index (κ1) is 18.5. The second-order valence-electron chi connectivity index (χ2n) is 6.53. The molecule has 0 saturated heterocycles. The summed E-state index contributed by atoms with van der Waals surface area (Å²) < 4.78 is 1.19. The van der Waals surface area contributed by atoms with Crippen LogP contribution in [0.4, 0.5) is 5.69 Å². The Morgan fingerprint density at radius 3 is 2.29 bits per heavy atom. The molecular weight excluding hydrogens is 324 g/mol. The van der Waals surface area contributed by atoms with Gasteiger partial charge in [-0.3, -0.25) is 0 Å². The Balaban J connectivity index is 2.94. The van der Waals surface area contributed by atoms with Crippen LogP contribution < -0.4 is 10.2 Å². The van der Waals surface area contributed by atoms with Crippen molar-refractivity contribution in [2.24, 2.45) is 5.92 Å². The van der Waals surface area contributed by atoms with Crippen molar-refractivity contribution in [1.29, 1.82) is 0 Å². The molecule has 0 amide bonds. The molecular formula is C18H31BrN2. The van der Waals surface area contributed by atoms with E-state index in [2.05, 4.69) is 85.9 Å². The molecule has 0 aliphatic rings. The number of hydrogen-bond donors (Lipinski definition) is 1. The van der Waals surface area contributed by atoms with Gasteiger partial charge in [0.1, 0.15) is 0 Å². The van der Waals surface area contributed by atoms with Gasteiger partial charge in [-0.2, -0.15) is 0 Å². The van der Waals surface area contributed by atoms with E-state index in [1.165, 1.54) is 22.1 Å². The van der Waals surface area contributed by atoms with Crippen LogP contribution in [-0.4, -0.2) is 19.1 Å². The quantitative estimate of drug-likeness (QED) is 0.673. The lowest BCUT2D eigenvalue weighted by Gasteiger charge is -2.32. The largest absolute Gasteiger partial charge is 0.368 e. The van der Waals surface area contributed by atoms with Gasteiger partial charge in [0, 0.05) is 23.1 Å². The van der Waals surface area contributed by atoms with Crippen LogP contribution >= 0.6 is 15.9 Å². The van der Waals surface area contributed by atoms with Gasteiger partial charge in [0.25, 0.3) is 0 Å². The lowest BCUT2D eigenvalue weighted by molar-refractivity contribution is 0.565. The predicted octanol–water partition coefficient (Wildman–Crippen LogP) is 5.38. The fraction of sp³-hybridized carbons (Fsp3) is 0.667. The molecule has 0 aliphatic carbocycles. The van der Waals surface area contributed by atoms with Gasteiger partial charge in [-0.1, -0.05) is 26.8 Å². The molecule has 2 nitrogen and oxygen atoms in total. The van der Waals surface area contributed by atoms with Crippen molar-refractivity contribution in [2.45, 2.75) is 60.0 Å². The van der Waals surface area contributed by atoms with Crippen LogP contribution in [0, 0.1) is 5.92 Å². The first-order chi connectivity index (χ1) is 9.86. The Bertz CT molecular complexity index is 429. The van der Waals surface area contributed by atoms with E-state index in [1.54, 1.807) is 0 Å². The van der Waals surface area contributed by atoms with Crippen molar-refractivity contribution in [1.82, 2.24) is 5.32 Å². The summed E-state index contributed by atoms with van der Waals surface area (Å²) in [7, 11) is 0. The average Bonchev–Trinajstić information content (AvgIpc) is 2.42. The number of halogens is 1. The van der Waals surface area contributed by atoms with E-state index in [1.807, 2.05) is 0 Å². The minimum absolute atomic E-state index is 0.396. The van der Waals surface area contributed by atoms with Crippen LogP contribution in [0.3, 0.4) is 0 Å². The second kappa shape index (κ2) is 8.79. The highest BCUT2D eigenvalue weighted by atomic mass is 79.9. The number of rotatable bonds is 8. The molecule has 1 atom stereocenters. The van der Waals surface area contributed by atoms with Gasteiger partial charge in [-0.15, -0.1) is 0 Å². The molecule has 0 aromatic heterocycles. The Morgan fingerprint density at radius 1 is 1.14 bits per heavy atom. The topological polar surface area (TPSA) is 15.3 Å². The number of hydrogen-bond acceptors (Lipinski definition) is 2. The summed E-state index contributed by atoms with van der Waals surface area (Å²) in [5.41, 5.74) is 2.64. The Morgan fingerprint density at radius 2 is 1.81 bits per heavy atom. The molecule has 0 heterocycles. The highest BCUT2D eigenvalue weighted by molar-refractivity contribution is 9.10. The average molecular weight is 355 g/mol. The molecule has 0 saturated carbocycles. The summed E-state index contributed by atoms with van der Waals surface area (Å²) in [6.07, 6.45) is 1.17. The number of benzene rings is 1. The highest BCUT2D eigenvalue weighted by Crippen LogP contribution is 2.31. The number of nitrogens with one attached hydrogen (secondary N) is 1. The van der Waals surface area contributed by atoms with Crippen molar-refractivity contribution < 1.29 is 0 Å². The van der Waals surface area contributed by atoms with Gasteiger partial charge in [-0.05, 0) is 73.3 Å². The minimum atomic E-state index is 0.396. The number of anilines is 1. The molecule has 0 spiro atoms. The molecule has 0 fully saturated rings. The van der Waals surface area contributed by atoms with Gasteiger partial charge in [0.05, 0.1) is 5.69 Å². The Hall–Kier alpha value is -0.540. The van der Waals surface area contributed by atoms with Gasteiger partial charge in [0.15, 0.2) is 0 Å². The summed E-state index contributed by atoms with van der Waals surface area (Å²) in [6, 6.07) is 7.67. The van der Waals surface area contributed by atoms with Gasteiger partial charge < -0.3 is 10.2 Å². The maximum Gasteiger partial charge on any atom is 0.0513 e. The van der Waals surface area contributed by atoms with Crippen LogP contribution in [0.25, 0.3) is 0 Å². The highest BCUT2D eigenvalue weighted by Gasteiger charge is 2.16. The maximum absolute atomic E-state index is 3.77. The third kappa shape index (κ3) is 5.63. The standard InChI is InChI=1S/C18H31BrN2/c1-7-10-20-15(6)16-8-9-18(17(19)11-16)21(14(4)5)12-13(2)3/h8-9,11,13-15,20H,7,10,12H2,1-6H3. The van der Waals surface area contributed by atoms with Crippen LogP contribution in [0.15, 0.2) is 22.7 Å². The van der Waals surface area contributed by atoms with Gasteiger partial charge in [-0.25, -0.2) is 0 Å². The third-order valence-corrected chi connectivity index (χ3v) is 4.30. The molecule has 1 N–H and O–H groups in total. The first-order valence-electron chi connectivity index (χ1n) is 8.16. The molecule has 0 aliphatic heterocycles. The molecule has 1 unspecified atom stereocenters. The fourth-order valence-electron chi connectivity index (χ4n) is 2.48. The number of nitrogens with zero attached hydrogens (tertiary/aromatic N) is 1. The molecule has 0 radical (unpaired) electrons. The van der Waals surface area contributed by atoms with E-state index >= 15 is 0 Å². The Labute approximate surface area is 139 Å². The summed E-state index contributed by atoms with van der Waals surface area (Å²) >= 11 is 3.77. The molecule has 21 heavy (non-hydrogen) atoms. The molecule has 1 rings (SSSR count). The molecule has 3 heteroatoms. The Kier molecular flexibility index (Phi) is 7.75. The molecule has 120 valence electrons. The normalized spacial score (nSPS) is 13.0. The van der Waals surface area contributed by atoms with Crippen LogP contribution in [0.1, 0.15) is 59.6 Å². The van der Waals surface area contributed by atoms with Crippen LogP contribution in [0.2, 0.25) is 0 Å². The smallest absolute Gasteiger partial charge is 0.0513 e. The van der Waals surface area contributed by atoms with E-state index in [4.69, 9.17) is 0 Å². The summed E-state index contributed by atoms with van der Waals surface area (Å²) in [5.74, 6) is 0.657. The zero-order valence-electron chi connectivity index (χ0n) is 14.4. The van der Waals surface area contributed by atoms with Gasteiger partial charge in [0.2, 0.25) is 0 Å². The van der Waals surface area contributed by atoms with Crippen molar-refractivity contribution in [3.8, 4) is 0 Å². The van der Waals surface area contributed by atoms with Gasteiger partial charge >= 0.3 is 0 Å². The summed E-state index contributed by atoms with van der Waals surface area (Å²) in [5, 5.41) is 3.55. The zero-order valence-corrected chi connectivity index (χ0v) is 16.0. The van der Waals surface area contributed by atoms with Crippen molar-refractivity contribution in [3.05, 3.63) is 28.2 Å². The first-order valence-corrected chi connectivity index (χ1v) is 8.95. The van der Waals surface area contributed by atoms with Crippen LogP contribution in [0.5, 0.6) is 0 Å². The zero-order chi connectivity index (χ0) is 16.0. The minimum Gasteiger partial charge on any atom is -0.368 e. The fourth-order valence-corrected chi connectivity index (χ4v) is 3.11. The summed E-state index contributed by atoms with van der Waals surface area (Å²) in [6.45, 7) is 15.6. The lowest BCUT2D eigenvalue weighted by Crippen LogP contribution is -2.34. The van der Waals surface area contributed by atoms with Crippen molar-refractivity contribution in [2.75, 3.05) is 18.0 Å². The van der Waals surface area contributed by atoms with E-state index in [0.717, 1.165) is 13.1 Å².